The average Bonchev–Trinajstić information content (AvgIpc) is 2.24. The molecule has 110 valence electrons. The summed E-state index contributed by atoms with van der Waals surface area (Å²) in [5.41, 5.74) is 0.413. The zero-order valence-electron chi connectivity index (χ0n) is 11.8. The van der Waals surface area contributed by atoms with Crippen molar-refractivity contribution in [3.8, 4) is 0 Å². The SMILES string of the molecule is CC(C)(C)OC(=O)Nc1ccc(F)cc1NC1COC1. The summed E-state index contributed by atoms with van der Waals surface area (Å²) >= 11 is 0. The molecule has 0 aliphatic carbocycles. The van der Waals surface area contributed by atoms with Crippen LogP contribution in [0.3, 0.4) is 0 Å². The normalized spacial score (nSPS) is 15.4. The first-order chi connectivity index (χ1) is 9.33. The van der Waals surface area contributed by atoms with E-state index >= 15 is 0 Å². The first-order valence-electron chi connectivity index (χ1n) is 6.47. The summed E-state index contributed by atoms with van der Waals surface area (Å²) in [5, 5.41) is 5.74. The standard InChI is InChI=1S/C14H19FN2O3/c1-14(2,3)20-13(18)17-11-5-4-9(15)6-12(11)16-10-7-19-8-10/h4-6,10,16H,7-8H2,1-3H3,(H,17,18). The van der Waals surface area contributed by atoms with E-state index < -0.39 is 11.7 Å². The van der Waals surface area contributed by atoms with E-state index in [4.69, 9.17) is 9.47 Å². The summed E-state index contributed by atoms with van der Waals surface area (Å²) in [5.74, 6) is -0.373. The van der Waals surface area contributed by atoms with Crippen molar-refractivity contribution < 1.29 is 18.7 Å². The van der Waals surface area contributed by atoms with Crippen molar-refractivity contribution in [1.29, 1.82) is 0 Å². The van der Waals surface area contributed by atoms with Gasteiger partial charge in [-0.2, -0.15) is 0 Å². The maximum Gasteiger partial charge on any atom is 0.412 e. The maximum atomic E-state index is 13.3. The molecule has 5 nitrogen and oxygen atoms in total. The first-order valence-corrected chi connectivity index (χ1v) is 6.47. The Morgan fingerprint density at radius 1 is 1.35 bits per heavy atom. The van der Waals surface area contributed by atoms with Crippen LogP contribution in [0.15, 0.2) is 18.2 Å². The zero-order chi connectivity index (χ0) is 14.8. The predicted molar refractivity (Wildman–Crippen MR) is 74.5 cm³/mol. The number of hydrogen-bond acceptors (Lipinski definition) is 4. The average molecular weight is 282 g/mol. The fourth-order valence-corrected chi connectivity index (χ4v) is 1.70. The Morgan fingerprint density at radius 2 is 2.05 bits per heavy atom. The van der Waals surface area contributed by atoms with Crippen molar-refractivity contribution in [3.63, 3.8) is 0 Å². The quantitative estimate of drug-likeness (QED) is 0.894. The minimum absolute atomic E-state index is 0.135. The van der Waals surface area contributed by atoms with E-state index in [0.29, 0.717) is 24.6 Å². The van der Waals surface area contributed by atoms with E-state index in [2.05, 4.69) is 10.6 Å². The summed E-state index contributed by atoms with van der Waals surface area (Å²) < 4.78 is 23.5. The zero-order valence-corrected chi connectivity index (χ0v) is 11.8. The highest BCUT2D eigenvalue weighted by Crippen LogP contribution is 2.25. The monoisotopic (exact) mass is 282 g/mol. The second-order valence-corrected chi connectivity index (χ2v) is 5.70. The molecule has 1 aromatic carbocycles. The van der Waals surface area contributed by atoms with E-state index in [9.17, 15) is 9.18 Å². The molecular formula is C14H19FN2O3. The molecule has 0 unspecified atom stereocenters. The molecule has 1 aliphatic heterocycles. The topological polar surface area (TPSA) is 59.6 Å². The first kappa shape index (κ1) is 14.6. The lowest BCUT2D eigenvalue weighted by Gasteiger charge is -2.29. The van der Waals surface area contributed by atoms with Gasteiger partial charge in [0.05, 0.1) is 30.6 Å². The highest BCUT2D eigenvalue weighted by Gasteiger charge is 2.21. The molecule has 0 atom stereocenters. The van der Waals surface area contributed by atoms with Gasteiger partial charge in [0.25, 0.3) is 0 Å². The number of halogens is 1. The van der Waals surface area contributed by atoms with Gasteiger partial charge in [-0.25, -0.2) is 9.18 Å². The lowest BCUT2D eigenvalue weighted by atomic mass is 10.2. The molecule has 1 heterocycles. The molecule has 0 bridgehead atoms. The molecule has 20 heavy (non-hydrogen) atoms. The van der Waals surface area contributed by atoms with Crippen molar-refractivity contribution in [3.05, 3.63) is 24.0 Å². The van der Waals surface area contributed by atoms with Gasteiger partial charge < -0.3 is 14.8 Å². The number of anilines is 2. The maximum absolute atomic E-state index is 13.3. The van der Waals surface area contributed by atoms with Crippen molar-refractivity contribution in [2.24, 2.45) is 0 Å². The fourth-order valence-electron chi connectivity index (χ4n) is 1.70. The molecule has 1 aliphatic rings. The van der Waals surface area contributed by atoms with Crippen molar-refractivity contribution in [2.45, 2.75) is 32.4 Å². The molecule has 0 spiro atoms. The van der Waals surface area contributed by atoms with Crippen LogP contribution in [0.1, 0.15) is 20.8 Å². The Balaban J connectivity index is 2.07. The Morgan fingerprint density at radius 3 is 2.60 bits per heavy atom. The molecule has 1 saturated heterocycles. The van der Waals surface area contributed by atoms with E-state index in [-0.39, 0.29) is 11.9 Å². The van der Waals surface area contributed by atoms with Gasteiger partial charge in [0.15, 0.2) is 0 Å². The number of carbonyl (C=O) groups is 1. The van der Waals surface area contributed by atoms with Gasteiger partial charge in [-0.15, -0.1) is 0 Å². The van der Waals surface area contributed by atoms with Crippen LogP contribution < -0.4 is 10.6 Å². The number of nitrogens with one attached hydrogen (secondary N) is 2. The molecule has 2 rings (SSSR count). The fraction of sp³-hybridized carbons (Fsp3) is 0.500. The molecule has 2 N–H and O–H groups in total. The Hall–Kier alpha value is -1.82. The molecular weight excluding hydrogens is 263 g/mol. The summed E-state index contributed by atoms with van der Waals surface area (Å²) in [6.45, 7) is 6.48. The third kappa shape index (κ3) is 4.09. The number of amides is 1. The van der Waals surface area contributed by atoms with Crippen LogP contribution in [0.5, 0.6) is 0 Å². The van der Waals surface area contributed by atoms with Gasteiger partial charge in [0.2, 0.25) is 0 Å². The van der Waals surface area contributed by atoms with Gasteiger partial charge >= 0.3 is 6.09 Å². The second-order valence-electron chi connectivity index (χ2n) is 5.70. The van der Waals surface area contributed by atoms with Crippen LogP contribution in [0.4, 0.5) is 20.6 Å². The van der Waals surface area contributed by atoms with Gasteiger partial charge in [-0.1, -0.05) is 0 Å². The van der Waals surface area contributed by atoms with Crippen LogP contribution in [0.2, 0.25) is 0 Å². The number of rotatable bonds is 3. The van der Waals surface area contributed by atoms with Crippen molar-refractivity contribution in [1.82, 2.24) is 0 Å². The molecule has 1 fully saturated rings. The second kappa shape index (κ2) is 5.66. The van der Waals surface area contributed by atoms with E-state index in [0.717, 1.165) is 0 Å². The van der Waals surface area contributed by atoms with Crippen molar-refractivity contribution in [2.75, 3.05) is 23.8 Å². The summed E-state index contributed by atoms with van der Waals surface area (Å²) in [7, 11) is 0. The van der Waals surface area contributed by atoms with E-state index in [1.165, 1.54) is 18.2 Å². The third-order valence-electron chi connectivity index (χ3n) is 2.61. The van der Waals surface area contributed by atoms with E-state index in [1.807, 2.05) is 0 Å². The van der Waals surface area contributed by atoms with Crippen LogP contribution in [-0.4, -0.2) is 30.9 Å². The molecule has 1 amide bonds. The van der Waals surface area contributed by atoms with Gasteiger partial charge in [-0.05, 0) is 39.0 Å². The molecule has 1 aromatic rings. The molecule has 6 heteroatoms. The largest absolute Gasteiger partial charge is 0.444 e. The Labute approximate surface area is 117 Å². The minimum atomic E-state index is -0.584. The highest BCUT2D eigenvalue weighted by molar-refractivity contribution is 5.89. The highest BCUT2D eigenvalue weighted by atomic mass is 19.1. The smallest absolute Gasteiger partial charge is 0.412 e. The van der Waals surface area contributed by atoms with Gasteiger partial charge in [0.1, 0.15) is 11.4 Å². The Bertz CT molecular complexity index is 496. The number of hydrogen-bond donors (Lipinski definition) is 2. The van der Waals surface area contributed by atoms with Crippen molar-refractivity contribution >= 4 is 17.5 Å². The van der Waals surface area contributed by atoms with Crippen LogP contribution >= 0.6 is 0 Å². The van der Waals surface area contributed by atoms with Crippen LogP contribution in [0, 0.1) is 5.82 Å². The number of ether oxygens (including phenoxy) is 2. The van der Waals surface area contributed by atoms with Crippen LogP contribution in [-0.2, 0) is 9.47 Å². The summed E-state index contributed by atoms with van der Waals surface area (Å²) in [6.07, 6.45) is -0.572. The molecule has 0 aromatic heterocycles. The minimum Gasteiger partial charge on any atom is -0.444 e. The van der Waals surface area contributed by atoms with Gasteiger partial charge in [-0.3, -0.25) is 5.32 Å². The lowest BCUT2D eigenvalue weighted by Crippen LogP contribution is -2.40. The van der Waals surface area contributed by atoms with E-state index in [1.54, 1.807) is 20.8 Å². The number of carbonyl (C=O) groups excluding carboxylic acids is 1. The lowest BCUT2D eigenvalue weighted by molar-refractivity contribution is 0.0211. The molecule has 0 radical (unpaired) electrons. The van der Waals surface area contributed by atoms with Crippen LogP contribution in [0.25, 0.3) is 0 Å². The van der Waals surface area contributed by atoms with Gasteiger partial charge in [0, 0.05) is 0 Å². The Kier molecular flexibility index (Phi) is 4.13. The third-order valence-corrected chi connectivity index (χ3v) is 2.61. The summed E-state index contributed by atoms with van der Waals surface area (Å²) in [6, 6.07) is 4.26. The predicted octanol–water partition coefficient (Wildman–Crippen LogP) is 2.98. The number of benzene rings is 1. The molecule has 0 saturated carbocycles. The summed E-state index contributed by atoms with van der Waals surface area (Å²) in [4.78, 5) is 11.8.